The Balaban J connectivity index is 1.49. The first kappa shape index (κ1) is 23.6. The number of ether oxygens (including phenoxy) is 2. The minimum atomic E-state index is -3.69. The number of aryl methyl sites for hydroxylation is 1. The zero-order chi connectivity index (χ0) is 23.6. The van der Waals surface area contributed by atoms with Crippen LogP contribution in [0, 0.1) is 6.92 Å². The average molecular weight is 475 g/mol. The van der Waals surface area contributed by atoms with Crippen LogP contribution < -0.4 is 10.2 Å². The number of rotatable bonds is 5. The lowest BCUT2D eigenvalue weighted by atomic mass is 10.1. The molecule has 2 saturated heterocycles. The highest BCUT2D eigenvalue weighted by molar-refractivity contribution is 7.89. The van der Waals surface area contributed by atoms with Gasteiger partial charge in [-0.2, -0.15) is 4.31 Å². The quantitative estimate of drug-likeness (QED) is 0.709. The zero-order valence-electron chi connectivity index (χ0n) is 19.2. The third kappa shape index (κ3) is 5.35. The Hall–Kier alpha value is -2.53. The van der Waals surface area contributed by atoms with Gasteiger partial charge in [0, 0.05) is 31.7 Å². The fourth-order valence-corrected chi connectivity index (χ4v) is 5.59. The summed E-state index contributed by atoms with van der Waals surface area (Å²) >= 11 is 0. The molecule has 33 heavy (non-hydrogen) atoms. The second-order valence-electron chi connectivity index (χ2n) is 8.51. The Morgan fingerprint density at radius 3 is 2.42 bits per heavy atom. The second kappa shape index (κ2) is 9.76. The summed E-state index contributed by atoms with van der Waals surface area (Å²) in [6.45, 7) is 8.70. The van der Waals surface area contributed by atoms with Gasteiger partial charge in [-0.05, 0) is 50.6 Å². The summed E-state index contributed by atoms with van der Waals surface area (Å²) in [5, 5.41) is 2.83. The molecule has 1 aromatic carbocycles. The smallest absolute Gasteiger partial charge is 0.256 e. The fourth-order valence-electron chi connectivity index (χ4n) is 4.15. The highest BCUT2D eigenvalue weighted by Gasteiger charge is 2.27. The molecule has 2 unspecified atom stereocenters. The van der Waals surface area contributed by atoms with Gasteiger partial charge in [0.15, 0.2) is 0 Å². The van der Waals surface area contributed by atoms with Crippen LogP contribution in [0.2, 0.25) is 0 Å². The molecule has 0 bridgehead atoms. The number of carbonyl (C=O) groups is 1. The number of aromatic nitrogens is 1. The van der Waals surface area contributed by atoms with E-state index >= 15 is 0 Å². The number of sulfonamides is 1. The SMILES string of the molecule is Cc1ccc(S(=O)(=O)N2CCOCC2)cc1C(=O)Nc1ccc(N2CC(C)OC(C)C2)nc1. The zero-order valence-corrected chi connectivity index (χ0v) is 20.0. The van der Waals surface area contributed by atoms with Crippen molar-refractivity contribution >= 4 is 27.4 Å². The second-order valence-corrected chi connectivity index (χ2v) is 10.5. The highest BCUT2D eigenvalue weighted by atomic mass is 32.2. The van der Waals surface area contributed by atoms with E-state index < -0.39 is 10.0 Å². The van der Waals surface area contributed by atoms with E-state index in [1.807, 2.05) is 19.9 Å². The number of amides is 1. The third-order valence-electron chi connectivity index (χ3n) is 5.81. The van der Waals surface area contributed by atoms with Crippen molar-refractivity contribution in [2.45, 2.75) is 37.9 Å². The van der Waals surface area contributed by atoms with Gasteiger partial charge in [0.25, 0.3) is 5.91 Å². The topological polar surface area (TPSA) is 101 Å². The van der Waals surface area contributed by atoms with Crippen molar-refractivity contribution in [2.75, 3.05) is 49.6 Å². The summed E-state index contributed by atoms with van der Waals surface area (Å²) in [6, 6.07) is 8.30. The standard InChI is InChI=1S/C23H30N4O5S/c1-16-4-6-20(33(29,30)27-8-10-31-11-9-27)12-21(16)23(28)25-19-5-7-22(24-13-19)26-14-17(2)32-18(3)15-26/h4-7,12-13,17-18H,8-11,14-15H2,1-3H3,(H,25,28). The van der Waals surface area contributed by atoms with E-state index in [0.29, 0.717) is 43.1 Å². The number of pyridine rings is 1. The summed E-state index contributed by atoms with van der Waals surface area (Å²) in [4.78, 5) is 19.7. The maximum Gasteiger partial charge on any atom is 0.256 e. The third-order valence-corrected chi connectivity index (χ3v) is 7.71. The van der Waals surface area contributed by atoms with Gasteiger partial charge in [0.2, 0.25) is 10.0 Å². The first-order valence-electron chi connectivity index (χ1n) is 11.1. The molecule has 1 amide bonds. The highest BCUT2D eigenvalue weighted by Crippen LogP contribution is 2.23. The van der Waals surface area contributed by atoms with Gasteiger partial charge in [0.05, 0.1) is 42.2 Å². The minimum absolute atomic E-state index is 0.101. The average Bonchev–Trinajstić information content (AvgIpc) is 2.79. The summed E-state index contributed by atoms with van der Waals surface area (Å²) in [5.74, 6) is 0.444. The molecule has 9 nitrogen and oxygen atoms in total. The number of hydrogen-bond acceptors (Lipinski definition) is 7. The Morgan fingerprint density at radius 1 is 1.09 bits per heavy atom. The molecule has 10 heteroatoms. The Morgan fingerprint density at radius 2 is 1.79 bits per heavy atom. The predicted molar refractivity (Wildman–Crippen MR) is 125 cm³/mol. The molecule has 2 fully saturated rings. The van der Waals surface area contributed by atoms with E-state index in [1.54, 1.807) is 25.3 Å². The van der Waals surface area contributed by atoms with Crippen LogP contribution in [0.1, 0.15) is 29.8 Å². The molecule has 3 heterocycles. The number of hydrogen-bond donors (Lipinski definition) is 1. The minimum Gasteiger partial charge on any atom is -0.379 e. The lowest BCUT2D eigenvalue weighted by molar-refractivity contribution is -0.00545. The molecule has 2 aromatic rings. The number of carbonyl (C=O) groups excluding carboxylic acids is 1. The molecule has 2 aliphatic heterocycles. The van der Waals surface area contributed by atoms with Crippen molar-refractivity contribution in [2.24, 2.45) is 0 Å². The van der Waals surface area contributed by atoms with Crippen molar-refractivity contribution in [3.63, 3.8) is 0 Å². The van der Waals surface area contributed by atoms with E-state index in [4.69, 9.17) is 9.47 Å². The molecule has 2 atom stereocenters. The van der Waals surface area contributed by atoms with Crippen molar-refractivity contribution in [1.29, 1.82) is 0 Å². The first-order chi connectivity index (χ1) is 15.7. The maximum absolute atomic E-state index is 13.0. The molecule has 0 aliphatic carbocycles. The van der Waals surface area contributed by atoms with Crippen molar-refractivity contribution in [3.8, 4) is 0 Å². The molecule has 1 aromatic heterocycles. The molecular formula is C23H30N4O5S. The van der Waals surface area contributed by atoms with Gasteiger partial charge >= 0.3 is 0 Å². The maximum atomic E-state index is 13.0. The molecule has 0 radical (unpaired) electrons. The van der Waals surface area contributed by atoms with E-state index in [-0.39, 0.29) is 23.0 Å². The Kier molecular flexibility index (Phi) is 6.99. The fraction of sp³-hybridized carbons (Fsp3) is 0.478. The number of nitrogens with zero attached hydrogens (tertiary/aromatic N) is 3. The monoisotopic (exact) mass is 474 g/mol. The largest absolute Gasteiger partial charge is 0.379 e. The lowest BCUT2D eigenvalue weighted by Gasteiger charge is -2.36. The molecule has 1 N–H and O–H groups in total. The van der Waals surface area contributed by atoms with Gasteiger partial charge in [-0.15, -0.1) is 0 Å². The molecule has 2 aliphatic rings. The first-order valence-corrected chi connectivity index (χ1v) is 12.5. The van der Waals surface area contributed by atoms with E-state index in [9.17, 15) is 13.2 Å². The van der Waals surface area contributed by atoms with Crippen LogP contribution in [0.15, 0.2) is 41.4 Å². The van der Waals surface area contributed by atoms with E-state index in [2.05, 4.69) is 15.2 Å². The van der Waals surface area contributed by atoms with Crippen LogP contribution in [0.5, 0.6) is 0 Å². The predicted octanol–water partition coefficient (Wildman–Crippen LogP) is 2.28. The van der Waals surface area contributed by atoms with Gasteiger partial charge in [-0.1, -0.05) is 6.07 Å². The molecule has 178 valence electrons. The number of morpholine rings is 2. The Labute approximate surface area is 194 Å². The van der Waals surface area contributed by atoms with Crippen molar-refractivity contribution in [3.05, 3.63) is 47.7 Å². The Bertz CT molecular complexity index is 1090. The van der Waals surface area contributed by atoms with Crippen LogP contribution in [0.25, 0.3) is 0 Å². The lowest BCUT2D eigenvalue weighted by Crippen LogP contribution is -2.45. The van der Waals surface area contributed by atoms with Crippen LogP contribution in [0.3, 0.4) is 0 Å². The van der Waals surface area contributed by atoms with E-state index in [0.717, 1.165) is 18.9 Å². The molecule has 0 spiro atoms. The number of benzene rings is 1. The van der Waals surface area contributed by atoms with Gasteiger partial charge in [-0.25, -0.2) is 13.4 Å². The van der Waals surface area contributed by atoms with Crippen LogP contribution in [-0.2, 0) is 19.5 Å². The molecular weight excluding hydrogens is 444 g/mol. The van der Waals surface area contributed by atoms with Gasteiger partial charge < -0.3 is 19.7 Å². The summed E-state index contributed by atoms with van der Waals surface area (Å²) in [5.41, 5.74) is 1.54. The summed E-state index contributed by atoms with van der Waals surface area (Å²) in [6.07, 6.45) is 1.86. The van der Waals surface area contributed by atoms with Gasteiger partial charge in [-0.3, -0.25) is 4.79 Å². The van der Waals surface area contributed by atoms with Crippen molar-refractivity contribution in [1.82, 2.24) is 9.29 Å². The summed E-state index contributed by atoms with van der Waals surface area (Å²) < 4.78 is 38.4. The number of anilines is 2. The van der Waals surface area contributed by atoms with E-state index in [1.165, 1.54) is 16.4 Å². The molecule has 4 rings (SSSR count). The number of nitrogens with one attached hydrogen (secondary N) is 1. The normalized spacial score (nSPS) is 22.2. The summed E-state index contributed by atoms with van der Waals surface area (Å²) in [7, 11) is -3.69. The van der Waals surface area contributed by atoms with Crippen molar-refractivity contribution < 1.29 is 22.7 Å². The van der Waals surface area contributed by atoms with Crippen LogP contribution in [0.4, 0.5) is 11.5 Å². The van der Waals surface area contributed by atoms with Crippen LogP contribution in [-0.4, -0.2) is 75.2 Å². The molecule has 0 saturated carbocycles. The van der Waals surface area contributed by atoms with Gasteiger partial charge in [0.1, 0.15) is 5.82 Å². The van der Waals surface area contributed by atoms with Crippen LogP contribution >= 0.6 is 0 Å².